The lowest BCUT2D eigenvalue weighted by atomic mass is 10.2. The van der Waals surface area contributed by atoms with Crippen LogP contribution in [-0.4, -0.2) is 12.2 Å². The van der Waals surface area contributed by atoms with Crippen LogP contribution in [-0.2, 0) is 5.75 Å². The zero-order valence-corrected chi connectivity index (χ0v) is 8.74. The normalized spacial score (nSPS) is 12.2. The van der Waals surface area contributed by atoms with E-state index in [1.807, 2.05) is 30.3 Å². The molecule has 1 aromatic rings. The van der Waals surface area contributed by atoms with Gasteiger partial charge in [-0.3, -0.25) is 0 Å². The van der Waals surface area contributed by atoms with Crippen LogP contribution in [0.25, 0.3) is 0 Å². The number of hydrogen-bond donors (Lipinski definition) is 1. The molecule has 0 aliphatic rings. The molecule has 0 radical (unpaired) electrons. The van der Waals surface area contributed by atoms with Crippen molar-refractivity contribution in [3.63, 3.8) is 0 Å². The van der Waals surface area contributed by atoms with Gasteiger partial charge in [0.05, 0.1) is 7.05 Å². The predicted octanol–water partition coefficient (Wildman–Crippen LogP) is 2.23. The molecule has 0 bridgehead atoms. The Bertz CT molecular complexity index is 321. The van der Waals surface area contributed by atoms with Gasteiger partial charge in [0.1, 0.15) is 0 Å². The largest absolute Gasteiger partial charge is 0.377 e. The maximum absolute atomic E-state index is 5.57. The Hall–Kier alpha value is -1.36. The van der Waals surface area contributed by atoms with Gasteiger partial charge in [-0.25, -0.2) is 0 Å². The molecule has 0 aliphatic carbocycles. The second kappa shape index (κ2) is 6.15. The summed E-state index contributed by atoms with van der Waals surface area (Å²) < 4.78 is 0. The number of amidine groups is 1. The first-order valence-corrected chi connectivity index (χ1v) is 5.10. The molecule has 0 saturated heterocycles. The molecule has 1 aromatic carbocycles. The summed E-state index contributed by atoms with van der Waals surface area (Å²) in [6, 6.07) is 10.1. The Morgan fingerprint density at radius 1 is 1.36 bits per heavy atom. The van der Waals surface area contributed by atoms with Crippen molar-refractivity contribution in [2.24, 2.45) is 21.2 Å². The minimum absolute atomic E-state index is 0.430. The molecule has 0 spiro atoms. The van der Waals surface area contributed by atoms with Crippen molar-refractivity contribution >= 4 is 16.9 Å². The highest BCUT2D eigenvalue weighted by Gasteiger charge is 1.95. The van der Waals surface area contributed by atoms with E-state index in [2.05, 4.69) is 15.4 Å². The Labute approximate surface area is 87.3 Å². The minimum atomic E-state index is 0.430. The van der Waals surface area contributed by atoms with Crippen LogP contribution in [0.1, 0.15) is 5.56 Å². The summed E-state index contributed by atoms with van der Waals surface area (Å²) in [6.45, 7) is 0. The maximum Gasteiger partial charge on any atom is 0.182 e. The van der Waals surface area contributed by atoms with Gasteiger partial charge in [-0.2, -0.15) is 5.11 Å². The van der Waals surface area contributed by atoms with E-state index in [-0.39, 0.29) is 0 Å². The standard InChI is InChI=1S/C9H12N4S/c1-11-13-12-9(10)14-7-8-5-3-2-4-6-8/h2-6H,7H2,1H3,(H2,10,11,12). The third-order valence-electron chi connectivity index (χ3n) is 1.46. The summed E-state index contributed by atoms with van der Waals surface area (Å²) >= 11 is 1.44. The van der Waals surface area contributed by atoms with Crippen LogP contribution in [0.15, 0.2) is 45.8 Å². The monoisotopic (exact) mass is 208 g/mol. The summed E-state index contributed by atoms with van der Waals surface area (Å²) in [5.74, 6) is 0.801. The zero-order valence-electron chi connectivity index (χ0n) is 7.92. The number of thioether (sulfide) groups is 1. The first kappa shape index (κ1) is 10.7. The molecule has 5 heteroatoms. The van der Waals surface area contributed by atoms with E-state index in [1.165, 1.54) is 17.3 Å². The van der Waals surface area contributed by atoms with Crippen LogP contribution in [0.4, 0.5) is 0 Å². The number of rotatable bonds is 3. The molecule has 0 fully saturated rings. The number of nitrogens with zero attached hydrogens (tertiary/aromatic N) is 3. The smallest absolute Gasteiger partial charge is 0.182 e. The first-order chi connectivity index (χ1) is 6.83. The lowest BCUT2D eigenvalue weighted by Crippen LogP contribution is -2.05. The molecule has 1 rings (SSSR count). The summed E-state index contributed by atoms with van der Waals surface area (Å²) in [5, 5.41) is 11.0. The molecule has 0 saturated carbocycles. The number of hydrogen-bond acceptors (Lipinski definition) is 3. The molecule has 0 aliphatic heterocycles. The predicted molar refractivity (Wildman–Crippen MR) is 60.1 cm³/mol. The van der Waals surface area contributed by atoms with Crippen molar-refractivity contribution in [1.29, 1.82) is 0 Å². The topological polar surface area (TPSA) is 63.1 Å². The Kier molecular flexibility index (Phi) is 4.71. The average Bonchev–Trinajstić information content (AvgIpc) is 2.25. The van der Waals surface area contributed by atoms with Gasteiger partial charge < -0.3 is 5.73 Å². The van der Waals surface area contributed by atoms with Crippen molar-refractivity contribution in [2.45, 2.75) is 5.75 Å². The van der Waals surface area contributed by atoms with E-state index in [0.29, 0.717) is 5.17 Å². The zero-order chi connectivity index (χ0) is 10.2. The second-order valence-corrected chi connectivity index (χ2v) is 3.50. The molecule has 0 amide bonds. The number of nitrogens with two attached hydrogens (primary N) is 1. The molecule has 74 valence electrons. The fourth-order valence-electron chi connectivity index (χ4n) is 0.849. The Balaban J connectivity index is 2.41. The third kappa shape index (κ3) is 4.04. The quantitative estimate of drug-likeness (QED) is 0.358. The van der Waals surface area contributed by atoms with Crippen LogP contribution in [0.5, 0.6) is 0 Å². The van der Waals surface area contributed by atoms with Gasteiger partial charge in [0.15, 0.2) is 5.17 Å². The fourth-order valence-corrected chi connectivity index (χ4v) is 1.45. The molecule has 14 heavy (non-hydrogen) atoms. The van der Waals surface area contributed by atoms with Crippen molar-refractivity contribution in [2.75, 3.05) is 7.05 Å². The molecule has 0 unspecified atom stereocenters. The van der Waals surface area contributed by atoms with Gasteiger partial charge in [-0.1, -0.05) is 42.1 Å². The van der Waals surface area contributed by atoms with E-state index < -0.39 is 0 Å². The lowest BCUT2D eigenvalue weighted by Gasteiger charge is -1.98. The highest BCUT2D eigenvalue weighted by atomic mass is 32.2. The van der Waals surface area contributed by atoms with Gasteiger partial charge in [0.2, 0.25) is 0 Å². The van der Waals surface area contributed by atoms with Gasteiger partial charge in [0.25, 0.3) is 0 Å². The van der Waals surface area contributed by atoms with Gasteiger partial charge in [-0.15, -0.1) is 5.10 Å². The van der Waals surface area contributed by atoms with Crippen molar-refractivity contribution in [3.8, 4) is 0 Å². The first-order valence-electron chi connectivity index (χ1n) is 4.12. The third-order valence-corrected chi connectivity index (χ3v) is 2.32. The van der Waals surface area contributed by atoms with E-state index in [9.17, 15) is 0 Å². The fraction of sp³-hybridized carbons (Fsp3) is 0.222. The van der Waals surface area contributed by atoms with Crippen molar-refractivity contribution in [1.82, 2.24) is 0 Å². The van der Waals surface area contributed by atoms with Gasteiger partial charge >= 0.3 is 0 Å². The van der Waals surface area contributed by atoms with E-state index in [4.69, 9.17) is 5.73 Å². The van der Waals surface area contributed by atoms with Crippen LogP contribution in [0.2, 0.25) is 0 Å². The lowest BCUT2D eigenvalue weighted by molar-refractivity contribution is 1.02. The second-order valence-electron chi connectivity index (χ2n) is 2.50. The Morgan fingerprint density at radius 2 is 2.07 bits per heavy atom. The van der Waals surface area contributed by atoms with Crippen LogP contribution >= 0.6 is 11.8 Å². The van der Waals surface area contributed by atoms with E-state index >= 15 is 0 Å². The van der Waals surface area contributed by atoms with Crippen LogP contribution < -0.4 is 5.73 Å². The molecule has 2 N–H and O–H groups in total. The molecule has 0 aromatic heterocycles. The van der Waals surface area contributed by atoms with Crippen LogP contribution in [0, 0.1) is 0 Å². The average molecular weight is 208 g/mol. The molecule has 4 nitrogen and oxygen atoms in total. The highest BCUT2D eigenvalue weighted by Crippen LogP contribution is 2.11. The maximum atomic E-state index is 5.57. The summed E-state index contributed by atoms with van der Waals surface area (Å²) in [6.07, 6.45) is 0. The summed E-state index contributed by atoms with van der Waals surface area (Å²) in [7, 11) is 1.55. The van der Waals surface area contributed by atoms with Gasteiger partial charge in [-0.05, 0) is 10.8 Å². The van der Waals surface area contributed by atoms with Crippen LogP contribution in [0.3, 0.4) is 0 Å². The van der Waals surface area contributed by atoms with Crippen molar-refractivity contribution in [3.05, 3.63) is 35.9 Å². The summed E-state index contributed by atoms with van der Waals surface area (Å²) in [4.78, 5) is 0. The molecule has 0 atom stereocenters. The van der Waals surface area contributed by atoms with E-state index in [0.717, 1.165) is 5.75 Å². The SMILES string of the molecule is C/N=N\N=C(/N)SCc1ccccc1. The summed E-state index contributed by atoms with van der Waals surface area (Å²) in [5.41, 5.74) is 6.78. The van der Waals surface area contributed by atoms with Crippen molar-refractivity contribution < 1.29 is 0 Å². The minimum Gasteiger partial charge on any atom is -0.377 e. The molecule has 0 heterocycles. The highest BCUT2D eigenvalue weighted by molar-refractivity contribution is 8.13. The van der Waals surface area contributed by atoms with Gasteiger partial charge in [0, 0.05) is 5.75 Å². The molecular weight excluding hydrogens is 196 g/mol. The molecular formula is C9H12N4S. The number of benzene rings is 1. The van der Waals surface area contributed by atoms with E-state index in [1.54, 1.807) is 7.05 Å². The Morgan fingerprint density at radius 3 is 2.71 bits per heavy atom.